The Hall–Kier alpha value is -2.65. The lowest BCUT2D eigenvalue weighted by molar-refractivity contribution is -0.384. The Morgan fingerprint density at radius 3 is 2.68 bits per heavy atom. The first-order valence-electron chi connectivity index (χ1n) is 8.46. The normalized spacial score (nSPS) is 13.3. The van der Waals surface area contributed by atoms with Gasteiger partial charge in [0.1, 0.15) is 5.75 Å². The summed E-state index contributed by atoms with van der Waals surface area (Å²) < 4.78 is 31.0. The van der Waals surface area contributed by atoms with Gasteiger partial charge < -0.3 is 4.74 Å². The zero-order chi connectivity index (χ0) is 20.5. The number of hydrogen-bond acceptors (Lipinski definition) is 6. The Kier molecular flexibility index (Phi) is 5.57. The lowest BCUT2D eigenvalue weighted by Crippen LogP contribution is -2.30. The number of carbonyl (C=O) groups excluding carboxylic acids is 1. The maximum Gasteiger partial charge on any atom is 0.271 e. The lowest BCUT2D eigenvalue weighted by Gasteiger charge is -2.18. The van der Waals surface area contributed by atoms with Gasteiger partial charge in [0.2, 0.25) is 10.0 Å². The highest BCUT2D eigenvalue weighted by Gasteiger charge is 2.28. The molecule has 2 aromatic carbocycles. The number of sulfonamides is 1. The van der Waals surface area contributed by atoms with Crippen LogP contribution in [-0.2, 0) is 16.4 Å². The Bertz CT molecular complexity index is 1050. The van der Waals surface area contributed by atoms with Crippen molar-refractivity contribution < 1.29 is 22.9 Å². The van der Waals surface area contributed by atoms with Crippen LogP contribution in [0.15, 0.2) is 36.4 Å². The summed E-state index contributed by atoms with van der Waals surface area (Å²) in [7, 11) is -3.34. The number of nitro groups is 1. The van der Waals surface area contributed by atoms with Gasteiger partial charge in [0.05, 0.1) is 21.4 Å². The summed E-state index contributed by atoms with van der Waals surface area (Å²) in [4.78, 5) is 22.6. The van der Waals surface area contributed by atoms with Crippen LogP contribution in [0.2, 0.25) is 5.02 Å². The topological polar surface area (TPSA) is 107 Å². The molecule has 1 aliphatic heterocycles. The van der Waals surface area contributed by atoms with E-state index < -0.39 is 14.9 Å². The fourth-order valence-corrected chi connectivity index (χ4v) is 4.32. The summed E-state index contributed by atoms with van der Waals surface area (Å²) in [5, 5.41) is 10.8. The van der Waals surface area contributed by atoms with E-state index in [0.29, 0.717) is 24.2 Å². The average Bonchev–Trinajstić information content (AvgIpc) is 3.10. The van der Waals surface area contributed by atoms with E-state index in [1.165, 1.54) is 16.4 Å². The number of nitrogens with zero attached hydrogens (tertiary/aromatic N) is 2. The van der Waals surface area contributed by atoms with Crippen molar-refractivity contribution in [2.75, 3.05) is 23.2 Å². The number of fused-ring (bicyclic) bond motifs is 1. The van der Waals surface area contributed by atoms with Crippen molar-refractivity contribution in [2.24, 2.45) is 0 Å². The average molecular weight is 425 g/mol. The summed E-state index contributed by atoms with van der Waals surface area (Å²) in [6.07, 6.45) is 0.532. The first-order chi connectivity index (χ1) is 13.2. The van der Waals surface area contributed by atoms with Gasteiger partial charge in [-0.25, -0.2) is 8.42 Å². The van der Waals surface area contributed by atoms with Gasteiger partial charge in [-0.15, -0.1) is 0 Å². The molecule has 0 aromatic heterocycles. The van der Waals surface area contributed by atoms with E-state index in [0.717, 1.165) is 11.6 Å². The molecular formula is C18H17ClN2O6S. The van der Waals surface area contributed by atoms with Crippen molar-refractivity contribution in [1.82, 2.24) is 0 Å². The molecule has 0 spiro atoms. The van der Waals surface area contributed by atoms with Crippen LogP contribution in [0.25, 0.3) is 0 Å². The molecule has 0 unspecified atom stereocenters. The first kappa shape index (κ1) is 20.1. The number of benzene rings is 2. The van der Waals surface area contributed by atoms with Crippen LogP contribution in [0, 0.1) is 10.1 Å². The second-order valence-corrected chi connectivity index (χ2v) is 8.74. The number of Topliss-reactive ketones (excluding diaryl/α,β-unsaturated/α-hetero) is 1. The Morgan fingerprint density at radius 2 is 2.04 bits per heavy atom. The molecule has 28 heavy (non-hydrogen) atoms. The predicted molar refractivity (Wildman–Crippen MR) is 105 cm³/mol. The SMILES string of the molecule is CCS(=O)(=O)N1CCc2cc(C(=O)COc3ccc([N+](=O)[O-])cc3Cl)ccc21. The fraction of sp³-hybridized carbons (Fsp3) is 0.278. The standard InChI is InChI=1S/C18H17ClN2O6S/c1-2-28(25,26)20-8-7-12-9-13(3-5-16(12)20)17(22)11-27-18-6-4-14(21(23)24)10-15(18)19/h3-6,9-10H,2,7-8,11H2,1H3. The minimum Gasteiger partial charge on any atom is -0.484 e. The molecule has 8 nitrogen and oxygen atoms in total. The molecule has 3 rings (SSSR count). The van der Waals surface area contributed by atoms with Crippen molar-refractivity contribution in [3.63, 3.8) is 0 Å². The Labute approximate surface area is 166 Å². The van der Waals surface area contributed by atoms with Crippen LogP contribution in [0.4, 0.5) is 11.4 Å². The van der Waals surface area contributed by atoms with Crippen molar-refractivity contribution in [2.45, 2.75) is 13.3 Å². The summed E-state index contributed by atoms with van der Waals surface area (Å²) in [5.41, 5.74) is 1.61. The molecule has 148 valence electrons. The maximum absolute atomic E-state index is 12.4. The molecule has 0 N–H and O–H groups in total. The molecule has 0 radical (unpaired) electrons. The first-order valence-corrected chi connectivity index (χ1v) is 10.4. The Morgan fingerprint density at radius 1 is 1.29 bits per heavy atom. The van der Waals surface area contributed by atoms with Gasteiger partial charge in [0.25, 0.3) is 5.69 Å². The zero-order valence-electron chi connectivity index (χ0n) is 14.9. The third kappa shape index (κ3) is 3.95. The van der Waals surface area contributed by atoms with Gasteiger partial charge in [0.15, 0.2) is 12.4 Å². The number of ether oxygens (including phenoxy) is 1. The van der Waals surface area contributed by atoms with Crippen LogP contribution in [0.5, 0.6) is 5.75 Å². The van der Waals surface area contributed by atoms with Gasteiger partial charge in [-0.05, 0) is 43.2 Å². The minimum absolute atomic E-state index is 0.0109. The highest BCUT2D eigenvalue weighted by Crippen LogP contribution is 2.32. The highest BCUT2D eigenvalue weighted by molar-refractivity contribution is 7.92. The third-order valence-electron chi connectivity index (χ3n) is 4.44. The molecule has 0 amide bonds. The van der Waals surface area contributed by atoms with E-state index in [2.05, 4.69) is 0 Å². The number of hydrogen-bond donors (Lipinski definition) is 0. The van der Waals surface area contributed by atoms with E-state index in [9.17, 15) is 23.3 Å². The summed E-state index contributed by atoms with van der Waals surface area (Å²) in [6, 6.07) is 8.59. The van der Waals surface area contributed by atoms with Gasteiger partial charge in [-0.1, -0.05) is 11.6 Å². The lowest BCUT2D eigenvalue weighted by atomic mass is 10.1. The molecule has 0 fully saturated rings. The molecule has 10 heteroatoms. The maximum atomic E-state index is 12.4. The van der Waals surface area contributed by atoms with Crippen LogP contribution in [-0.4, -0.2) is 38.0 Å². The molecular weight excluding hydrogens is 408 g/mol. The number of carbonyl (C=O) groups is 1. The van der Waals surface area contributed by atoms with E-state index >= 15 is 0 Å². The van der Waals surface area contributed by atoms with Crippen LogP contribution >= 0.6 is 11.6 Å². The minimum atomic E-state index is -3.34. The predicted octanol–water partition coefficient (Wildman–Crippen LogP) is 3.22. The number of non-ortho nitro benzene ring substituents is 1. The molecule has 0 atom stereocenters. The van der Waals surface area contributed by atoms with Gasteiger partial charge >= 0.3 is 0 Å². The summed E-state index contributed by atoms with van der Waals surface area (Å²) in [6.45, 7) is 1.65. The quantitative estimate of drug-likeness (QED) is 0.383. The van der Waals surface area contributed by atoms with E-state index in [1.807, 2.05) is 0 Å². The molecule has 1 aliphatic rings. The smallest absolute Gasteiger partial charge is 0.271 e. The Balaban J connectivity index is 1.72. The van der Waals surface area contributed by atoms with E-state index in [-0.39, 0.29) is 34.6 Å². The van der Waals surface area contributed by atoms with Crippen molar-refractivity contribution in [3.8, 4) is 5.75 Å². The van der Waals surface area contributed by atoms with Crippen molar-refractivity contribution in [3.05, 3.63) is 62.7 Å². The number of nitro benzene ring substituents is 1. The van der Waals surface area contributed by atoms with Gasteiger partial charge in [0, 0.05) is 24.2 Å². The number of halogens is 1. The molecule has 1 heterocycles. The van der Waals surface area contributed by atoms with Crippen molar-refractivity contribution >= 4 is 38.8 Å². The molecule has 0 saturated carbocycles. The van der Waals surface area contributed by atoms with E-state index in [4.69, 9.17) is 16.3 Å². The van der Waals surface area contributed by atoms with E-state index in [1.54, 1.807) is 25.1 Å². The molecule has 2 aromatic rings. The molecule has 0 aliphatic carbocycles. The van der Waals surface area contributed by atoms with Crippen LogP contribution in [0.1, 0.15) is 22.8 Å². The molecule has 0 bridgehead atoms. The highest BCUT2D eigenvalue weighted by atomic mass is 35.5. The fourth-order valence-electron chi connectivity index (χ4n) is 2.94. The number of rotatable bonds is 7. The van der Waals surface area contributed by atoms with Gasteiger partial charge in [-0.2, -0.15) is 0 Å². The van der Waals surface area contributed by atoms with Crippen LogP contribution in [0.3, 0.4) is 0 Å². The molecule has 0 saturated heterocycles. The monoisotopic (exact) mass is 424 g/mol. The second kappa shape index (κ2) is 7.76. The van der Waals surface area contributed by atoms with Crippen LogP contribution < -0.4 is 9.04 Å². The summed E-state index contributed by atoms with van der Waals surface area (Å²) >= 11 is 5.95. The second-order valence-electron chi connectivity index (χ2n) is 6.15. The number of ketones is 1. The van der Waals surface area contributed by atoms with Crippen molar-refractivity contribution in [1.29, 1.82) is 0 Å². The van der Waals surface area contributed by atoms with Gasteiger partial charge in [-0.3, -0.25) is 19.2 Å². The number of anilines is 1. The summed E-state index contributed by atoms with van der Waals surface area (Å²) in [5.74, 6) is -0.132. The third-order valence-corrected chi connectivity index (χ3v) is 6.52. The zero-order valence-corrected chi connectivity index (χ0v) is 16.5. The largest absolute Gasteiger partial charge is 0.484 e.